The van der Waals surface area contributed by atoms with Crippen LogP contribution in [0.1, 0.15) is 22.6 Å². The fourth-order valence-corrected chi connectivity index (χ4v) is 4.09. The Morgan fingerprint density at radius 1 is 1.00 bits per heavy atom. The molecule has 0 radical (unpaired) electrons. The van der Waals surface area contributed by atoms with E-state index in [-0.39, 0.29) is 23.8 Å². The Morgan fingerprint density at radius 2 is 1.61 bits per heavy atom. The maximum atomic E-state index is 14.1. The first-order chi connectivity index (χ1) is 15.9. The molecule has 1 atom stereocenters. The number of fused-ring (bicyclic) bond motifs is 3. The van der Waals surface area contributed by atoms with Crippen LogP contribution in [0, 0.1) is 11.6 Å². The molecule has 3 aromatic carbocycles. The molecule has 0 spiro atoms. The smallest absolute Gasteiger partial charge is 0.407 e. The van der Waals surface area contributed by atoms with Crippen LogP contribution in [-0.2, 0) is 16.0 Å². The molecule has 33 heavy (non-hydrogen) atoms. The summed E-state index contributed by atoms with van der Waals surface area (Å²) in [5.74, 6) is -3.64. The fraction of sp³-hybridized carbons (Fsp3) is 0.200. The highest BCUT2D eigenvalue weighted by Crippen LogP contribution is 2.44. The predicted molar refractivity (Wildman–Crippen MR) is 116 cm³/mol. The molecule has 170 valence electrons. The third kappa shape index (κ3) is 4.50. The van der Waals surface area contributed by atoms with Gasteiger partial charge < -0.3 is 19.9 Å². The van der Waals surface area contributed by atoms with Gasteiger partial charge in [-0.3, -0.25) is 0 Å². The van der Waals surface area contributed by atoms with Crippen LogP contribution in [0.4, 0.5) is 13.6 Å². The number of ether oxygens (including phenoxy) is 2. The van der Waals surface area contributed by atoms with Gasteiger partial charge in [0.15, 0.2) is 11.6 Å². The lowest BCUT2D eigenvalue weighted by Gasteiger charge is -2.18. The lowest BCUT2D eigenvalue weighted by molar-refractivity contribution is -0.139. The molecule has 0 aliphatic heterocycles. The maximum Gasteiger partial charge on any atom is 0.407 e. The summed E-state index contributed by atoms with van der Waals surface area (Å²) in [7, 11) is 1.21. The molecule has 0 saturated carbocycles. The van der Waals surface area contributed by atoms with E-state index in [1.165, 1.54) is 7.11 Å². The highest BCUT2D eigenvalue weighted by Gasteiger charge is 2.30. The Labute approximate surface area is 188 Å². The van der Waals surface area contributed by atoms with Crippen molar-refractivity contribution in [1.82, 2.24) is 5.32 Å². The van der Waals surface area contributed by atoms with Crippen molar-refractivity contribution >= 4 is 12.1 Å². The van der Waals surface area contributed by atoms with Crippen molar-refractivity contribution in [2.24, 2.45) is 0 Å². The molecule has 0 aromatic heterocycles. The molecule has 0 heterocycles. The summed E-state index contributed by atoms with van der Waals surface area (Å²) in [6, 6.07) is 15.8. The van der Waals surface area contributed by atoms with Crippen molar-refractivity contribution in [3.63, 3.8) is 0 Å². The number of benzene rings is 3. The topological polar surface area (TPSA) is 84.9 Å². The number of nitrogens with one attached hydrogen (secondary N) is 1. The van der Waals surface area contributed by atoms with E-state index in [4.69, 9.17) is 9.47 Å². The zero-order valence-electron chi connectivity index (χ0n) is 17.7. The quantitative estimate of drug-likeness (QED) is 0.550. The number of carboxylic acid groups (broad SMARTS) is 1. The van der Waals surface area contributed by atoms with Gasteiger partial charge in [0.25, 0.3) is 0 Å². The second kappa shape index (κ2) is 9.28. The number of carbonyl (C=O) groups is 2. The number of aliphatic carboxylic acids is 1. The van der Waals surface area contributed by atoms with Crippen molar-refractivity contribution in [3.8, 4) is 16.9 Å². The second-order valence-electron chi connectivity index (χ2n) is 7.64. The number of carboxylic acids is 1. The van der Waals surface area contributed by atoms with E-state index in [1.807, 2.05) is 48.5 Å². The number of methoxy groups -OCH3 is 1. The minimum Gasteiger partial charge on any atom is -0.494 e. The standard InChI is InChI=1S/C25H21F2NO5/c1-32-23-11-14(20(26)12-21(23)27)10-22(24(29)30)28-25(31)33-13-19-17-8-4-2-6-15(17)16-7-3-5-9-18(16)19/h2-9,11-12,19,22H,10,13H2,1H3,(H,28,31)(H,29,30). The minimum atomic E-state index is -1.48. The Hall–Kier alpha value is -3.94. The number of rotatable bonds is 7. The van der Waals surface area contributed by atoms with Crippen LogP contribution in [0.5, 0.6) is 5.75 Å². The summed E-state index contributed by atoms with van der Waals surface area (Å²) < 4.78 is 37.9. The van der Waals surface area contributed by atoms with Crippen molar-refractivity contribution in [2.75, 3.05) is 13.7 Å². The van der Waals surface area contributed by atoms with E-state index in [9.17, 15) is 23.5 Å². The average molecular weight is 453 g/mol. The number of halogens is 2. The highest BCUT2D eigenvalue weighted by molar-refractivity contribution is 5.81. The van der Waals surface area contributed by atoms with Gasteiger partial charge in [0.1, 0.15) is 18.5 Å². The molecular weight excluding hydrogens is 432 g/mol. The molecule has 0 saturated heterocycles. The second-order valence-corrected chi connectivity index (χ2v) is 7.64. The van der Waals surface area contributed by atoms with Gasteiger partial charge in [-0.25, -0.2) is 18.4 Å². The first-order valence-corrected chi connectivity index (χ1v) is 10.2. The number of hydrogen-bond acceptors (Lipinski definition) is 4. The van der Waals surface area contributed by atoms with Crippen LogP contribution < -0.4 is 10.1 Å². The number of amides is 1. The first-order valence-electron chi connectivity index (χ1n) is 10.2. The molecule has 4 rings (SSSR count). The zero-order valence-corrected chi connectivity index (χ0v) is 17.7. The van der Waals surface area contributed by atoms with Crippen LogP contribution >= 0.6 is 0 Å². The molecule has 3 aromatic rings. The summed E-state index contributed by atoms with van der Waals surface area (Å²) in [4.78, 5) is 24.1. The number of alkyl carbamates (subject to hydrolysis) is 1. The third-order valence-electron chi connectivity index (χ3n) is 5.68. The van der Waals surface area contributed by atoms with Gasteiger partial charge in [-0.05, 0) is 33.9 Å². The lowest BCUT2D eigenvalue weighted by Crippen LogP contribution is -2.43. The molecule has 1 unspecified atom stereocenters. The van der Waals surface area contributed by atoms with Crippen molar-refractivity contribution in [2.45, 2.75) is 18.4 Å². The Balaban J connectivity index is 1.45. The molecule has 0 fully saturated rings. The van der Waals surface area contributed by atoms with Gasteiger partial charge in [0.2, 0.25) is 0 Å². The monoisotopic (exact) mass is 453 g/mol. The van der Waals surface area contributed by atoms with Gasteiger partial charge in [0.05, 0.1) is 7.11 Å². The van der Waals surface area contributed by atoms with Gasteiger partial charge in [-0.2, -0.15) is 0 Å². The minimum absolute atomic E-state index is 0.00489. The average Bonchev–Trinajstić information content (AvgIpc) is 3.12. The molecule has 1 aliphatic rings. The van der Waals surface area contributed by atoms with Crippen LogP contribution in [-0.4, -0.2) is 36.9 Å². The van der Waals surface area contributed by atoms with E-state index >= 15 is 0 Å². The summed E-state index contributed by atoms with van der Waals surface area (Å²) in [6.45, 7) is 0.00489. The van der Waals surface area contributed by atoms with Gasteiger partial charge in [-0.1, -0.05) is 48.5 Å². The van der Waals surface area contributed by atoms with E-state index in [0.29, 0.717) is 6.07 Å². The molecule has 0 bridgehead atoms. The van der Waals surface area contributed by atoms with Crippen LogP contribution in [0.15, 0.2) is 60.7 Å². The Morgan fingerprint density at radius 3 is 2.18 bits per heavy atom. The number of hydrogen-bond donors (Lipinski definition) is 2. The van der Waals surface area contributed by atoms with Gasteiger partial charge >= 0.3 is 12.1 Å². The molecule has 2 N–H and O–H groups in total. The highest BCUT2D eigenvalue weighted by atomic mass is 19.1. The van der Waals surface area contributed by atoms with E-state index < -0.39 is 36.2 Å². The number of carbonyl (C=O) groups excluding carboxylic acids is 1. The summed E-state index contributed by atoms with van der Waals surface area (Å²) in [5, 5.41) is 11.8. The van der Waals surface area contributed by atoms with Gasteiger partial charge in [-0.15, -0.1) is 0 Å². The largest absolute Gasteiger partial charge is 0.494 e. The summed E-state index contributed by atoms with van der Waals surface area (Å²) in [6.07, 6.45) is -1.36. The molecule has 6 nitrogen and oxygen atoms in total. The molecule has 1 aliphatic carbocycles. The van der Waals surface area contributed by atoms with Crippen molar-refractivity contribution < 1.29 is 33.0 Å². The van der Waals surface area contributed by atoms with Crippen molar-refractivity contribution in [3.05, 3.63) is 89.0 Å². The van der Waals surface area contributed by atoms with Gasteiger partial charge in [0, 0.05) is 18.4 Å². The zero-order chi connectivity index (χ0) is 23.5. The SMILES string of the molecule is COc1cc(CC(NC(=O)OCC2c3ccccc3-c3ccccc32)C(=O)O)c(F)cc1F. The predicted octanol–water partition coefficient (Wildman–Crippen LogP) is 4.51. The van der Waals surface area contributed by atoms with E-state index in [2.05, 4.69) is 5.32 Å². The van der Waals surface area contributed by atoms with E-state index in [0.717, 1.165) is 28.3 Å². The normalized spacial score (nSPS) is 13.1. The summed E-state index contributed by atoms with van der Waals surface area (Å²) in [5.41, 5.74) is 4.04. The maximum absolute atomic E-state index is 14.1. The van der Waals surface area contributed by atoms with Crippen molar-refractivity contribution in [1.29, 1.82) is 0 Å². The van der Waals surface area contributed by atoms with E-state index in [1.54, 1.807) is 0 Å². The van der Waals surface area contributed by atoms with Crippen LogP contribution in [0.2, 0.25) is 0 Å². The molecule has 1 amide bonds. The molecular formula is C25H21F2NO5. The lowest BCUT2D eigenvalue weighted by atomic mass is 9.98. The van der Waals surface area contributed by atoms with Crippen LogP contribution in [0.25, 0.3) is 11.1 Å². The van der Waals surface area contributed by atoms with Crippen LogP contribution in [0.3, 0.4) is 0 Å². The Kier molecular flexibility index (Phi) is 6.26. The fourth-order valence-electron chi connectivity index (χ4n) is 4.09. The molecule has 8 heteroatoms. The first kappa shape index (κ1) is 22.3. The summed E-state index contributed by atoms with van der Waals surface area (Å²) >= 11 is 0. The third-order valence-corrected chi connectivity index (χ3v) is 5.68. The Bertz CT molecular complexity index is 1170.